The molecule has 0 bridgehead atoms. The highest BCUT2D eigenvalue weighted by Crippen LogP contribution is 2.40. The van der Waals surface area contributed by atoms with Gasteiger partial charge in [0.2, 0.25) is 0 Å². The topological polar surface area (TPSA) is 70.1 Å². The first kappa shape index (κ1) is 27.9. The molecule has 1 N–H and O–H groups in total. The van der Waals surface area contributed by atoms with E-state index < -0.39 is 17.7 Å². The number of unbranched alkanes of at least 4 members (excludes halogenated alkanes) is 2. The van der Waals surface area contributed by atoms with Crippen molar-refractivity contribution in [2.45, 2.75) is 52.0 Å². The van der Waals surface area contributed by atoms with E-state index in [1.54, 1.807) is 36.3 Å². The Labute approximate surface area is 223 Å². The van der Waals surface area contributed by atoms with Crippen molar-refractivity contribution in [3.8, 4) is 5.75 Å². The van der Waals surface area contributed by atoms with Crippen molar-refractivity contribution in [3.63, 3.8) is 0 Å². The SMILES string of the molecule is CCCCN(CCCC)CCCN1C(=O)C(=O)C(=C(O)c2ccc(OC)cc2)[C@H]1c1cccc(Br)c1. The van der Waals surface area contributed by atoms with Gasteiger partial charge in [-0.15, -0.1) is 0 Å². The van der Waals surface area contributed by atoms with Crippen LogP contribution in [0, 0.1) is 0 Å². The minimum absolute atomic E-state index is 0.122. The first-order chi connectivity index (χ1) is 17.4. The number of nitrogens with zero attached hydrogens (tertiary/aromatic N) is 2. The molecule has 1 aliphatic heterocycles. The number of amides is 1. The van der Waals surface area contributed by atoms with Gasteiger partial charge >= 0.3 is 0 Å². The third-order valence-electron chi connectivity index (χ3n) is 6.60. The van der Waals surface area contributed by atoms with Gasteiger partial charge < -0.3 is 19.6 Å². The van der Waals surface area contributed by atoms with Crippen molar-refractivity contribution in [2.75, 3.05) is 33.3 Å². The lowest BCUT2D eigenvalue weighted by atomic mass is 9.95. The molecule has 1 fully saturated rings. The van der Waals surface area contributed by atoms with Gasteiger partial charge in [0.1, 0.15) is 11.5 Å². The van der Waals surface area contributed by atoms with Crippen molar-refractivity contribution >= 4 is 33.4 Å². The van der Waals surface area contributed by atoms with Gasteiger partial charge in [0.25, 0.3) is 11.7 Å². The number of hydrogen-bond acceptors (Lipinski definition) is 5. The van der Waals surface area contributed by atoms with Crippen molar-refractivity contribution in [1.29, 1.82) is 0 Å². The number of carbonyl (C=O) groups excluding carboxylic acids is 2. The monoisotopic (exact) mass is 556 g/mol. The van der Waals surface area contributed by atoms with Crippen LogP contribution in [0.25, 0.3) is 5.76 Å². The maximum Gasteiger partial charge on any atom is 0.295 e. The fourth-order valence-electron chi connectivity index (χ4n) is 4.60. The average molecular weight is 558 g/mol. The summed E-state index contributed by atoms with van der Waals surface area (Å²) in [6.45, 7) is 7.78. The summed E-state index contributed by atoms with van der Waals surface area (Å²) in [5, 5.41) is 11.2. The molecule has 1 atom stereocenters. The second-order valence-corrected chi connectivity index (χ2v) is 10.1. The molecule has 2 aromatic carbocycles. The molecule has 2 aromatic rings. The first-order valence-corrected chi connectivity index (χ1v) is 13.6. The van der Waals surface area contributed by atoms with E-state index in [9.17, 15) is 14.7 Å². The van der Waals surface area contributed by atoms with Crippen LogP contribution in [0.5, 0.6) is 5.75 Å². The number of methoxy groups -OCH3 is 1. The van der Waals surface area contributed by atoms with Gasteiger partial charge in [0.05, 0.1) is 18.7 Å². The van der Waals surface area contributed by atoms with Crippen molar-refractivity contribution in [3.05, 3.63) is 69.7 Å². The maximum absolute atomic E-state index is 13.2. The Hall–Kier alpha value is -2.64. The zero-order valence-corrected chi connectivity index (χ0v) is 23.1. The largest absolute Gasteiger partial charge is 0.507 e. The van der Waals surface area contributed by atoms with E-state index in [2.05, 4.69) is 34.7 Å². The van der Waals surface area contributed by atoms with Crippen LogP contribution in [-0.2, 0) is 9.59 Å². The van der Waals surface area contributed by atoms with Crippen LogP contribution in [0.1, 0.15) is 63.1 Å². The quantitative estimate of drug-likeness (QED) is 0.181. The predicted molar refractivity (Wildman–Crippen MR) is 147 cm³/mol. The van der Waals surface area contributed by atoms with E-state index in [0.717, 1.165) is 61.8 Å². The van der Waals surface area contributed by atoms with Gasteiger partial charge in [-0.25, -0.2) is 0 Å². The molecule has 36 heavy (non-hydrogen) atoms. The zero-order valence-electron chi connectivity index (χ0n) is 21.5. The Kier molecular flexibility index (Phi) is 10.6. The van der Waals surface area contributed by atoms with Crippen LogP contribution < -0.4 is 4.74 Å². The van der Waals surface area contributed by atoms with E-state index in [1.807, 2.05) is 24.3 Å². The molecular weight excluding hydrogens is 520 g/mol. The fraction of sp³-hybridized carbons (Fsp3) is 0.448. The Morgan fingerprint density at radius 2 is 1.64 bits per heavy atom. The Morgan fingerprint density at radius 3 is 2.22 bits per heavy atom. The van der Waals surface area contributed by atoms with Crippen molar-refractivity contribution in [1.82, 2.24) is 9.80 Å². The highest BCUT2D eigenvalue weighted by atomic mass is 79.9. The number of aliphatic hydroxyl groups excluding tert-OH is 1. The minimum atomic E-state index is -0.651. The molecule has 1 saturated heterocycles. The number of Topliss-reactive ketones (excluding diaryl/α,β-unsaturated/α-hetero) is 1. The van der Waals surface area contributed by atoms with Gasteiger partial charge in [0, 0.05) is 16.6 Å². The van der Waals surface area contributed by atoms with Crippen LogP contribution in [0.3, 0.4) is 0 Å². The first-order valence-electron chi connectivity index (χ1n) is 12.8. The molecule has 1 heterocycles. The summed E-state index contributed by atoms with van der Waals surface area (Å²) in [5.74, 6) is -0.743. The number of carbonyl (C=O) groups is 2. The normalized spacial score (nSPS) is 17.2. The molecule has 0 aromatic heterocycles. The number of benzene rings is 2. The van der Waals surface area contributed by atoms with Gasteiger partial charge in [-0.1, -0.05) is 54.8 Å². The van der Waals surface area contributed by atoms with Gasteiger partial charge in [-0.2, -0.15) is 0 Å². The smallest absolute Gasteiger partial charge is 0.295 e. The minimum Gasteiger partial charge on any atom is -0.507 e. The molecule has 6 nitrogen and oxygen atoms in total. The molecule has 194 valence electrons. The second-order valence-electron chi connectivity index (χ2n) is 9.18. The summed E-state index contributed by atoms with van der Waals surface area (Å²) in [6, 6.07) is 13.8. The van der Waals surface area contributed by atoms with Crippen LogP contribution in [0.2, 0.25) is 0 Å². The average Bonchev–Trinajstić information content (AvgIpc) is 3.14. The maximum atomic E-state index is 13.2. The van der Waals surface area contributed by atoms with Crippen molar-refractivity contribution in [2.24, 2.45) is 0 Å². The lowest BCUT2D eigenvalue weighted by molar-refractivity contribution is -0.140. The number of halogens is 1. The molecule has 0 aliphatic carbocycles. The standard InChI is InChI=1S/C29H37BrN2O4/c1-4-6-16-31(17-7-5-2)18-9-19-32-26(22-10-8-11-23(30)20-22)25(28(34)29(32)35)27(33)21-12-14-24(36-3)15-13-21/h8,10-15,20,26,33H,4-7,9,16-19H2,1-3H3/t26-/m1/s1. The second kappa shape index (κ2) is 13.6. The number of hydrogen-bond donors (Lipinski definition) is 1. The third kappa shape index (κ3) is 6.77. The summed E-state index contributed by atoms with van der Waals surface area (Å²) in [6.07, 6.45) is 5.34. The van der Waals surface area contributed by atoms with Crippen LogP contribution >= 0.6 is 15.9 Å². The Morgan fingerprint density at radius 1 is 1.00 bits per heavy atom. The van der Waals surface area contributed by atoms with E-state index in [4.69, 9.17) is 4.74 Å². The summed E-state index contributed by atoms with van der Waals surface area (Å²) < 4.78 is 6.06. The molecule has 0 saturated carbocycles. The fourth-order valence-corrected chi connectivity index (χ4v) is 5.02. The molecule has 0 unspecified atom stereocenters. The number of aliphatic hydroxyl groups is 1. The Bertz CT molecular complexity index is 1060. The van der Waals surface area contributed by atoms with Gasteiger partial charge in [-0.05, 0) is 80.9 Å². The third-order valence-corrected chi connectivity index (χ3v) is 7.09. The molecule has 1 amide bonds. The summed E-state index contributed by atoms with van der Waals surface area (Å²) in [7, 11) is 1.57. The van der Waals surface area contributed by atoms with Crippen LogP contribution in [0.15, 0.2) is 58.6 Å². The number of rotatable bonds is 13. The molecule has 0 radical (unpaired) electrons. The zero-order chi connectivity index (χ0) is 26.1. The lowest BCUT2D eigenvalue weighted by Crippen LogP contribution is -2.34. The van der Waals surface area contributed by atoms with Gasteiger partial charge in [-0.3, -0.25) is 9.59 Å². The Balaban J connectivity index is 1.91. The number of ether oxygens (including phenoxy) is 1. The number of likely N-dealkylation sites (tertiary alicyclic amines) is 1. The van der Waals surface area contributed by atoms with Gasteiger partial charge in [0.15, 0.2) is 0 Å². The highest BCUT2D eigenvalue weighted by Gasteiger charge is 2.45. The molecule has 0 spiro atoms. The number of ketones is 1. The molecular formula is C29H37BrN2O4. The van der Waals surface area contributed by atoms with Crippen LogP contribution in [0.4, 0.5) is 0 Å². The molecule has 7 heteroatoms. The van der Waals surface area contributed by atoms with E-state index in [0.29, 0.717) is 17.9 Å². The molecule has 1 aliphatic rings. The highest BCUT2D eigenvalue weighted by molar-refractivity contribution is 9.10. The van der Waals surface area contributed by atoms with E-state index in [-0.39, 0.29) is 11.3 Å². The molecule has 3 rings (SSSR count). The van der Waals surface area contributed by atoms with E-state index in [1.165, 1.54) is 0 Å². The summed E-state index contributed by atoms with van der Waals surface area (Å²) >= 11 is 3.51. The predicted octanol–water partition coefficient (Wildman–Crippen LogP) is 6.17. The lowest BCUT2D eigenvalue weighted by Gasteiger charge is -2.27. The van der Waals surface area contributed by atoms with Crippen LogP contribution in [-0.4, -0.2) is 59.9 Å². The summed E-state index contributed by atoms with van der Waals surface area (Å²) in [4.78, 5) is 30.5. The summed E-state index contributed by atoms with van der Waals surface area (Å²) in [5.41, 5.74) is 1.38. The van der Waals surface area contributed by atoms with Crippen molar-refractivity contribution < 1.29 is 19.4 Å². The van der Waals surface area contributed by atoms with E-state index >= 15 is 0 Å².